The predicted octanol–water partition coefficient (Wildman–Crippen LogP) is 2.41. The van der Waals surface area contributed by atoms with Crippen LogP contribution in [0.3, 0.4) is 0 Å². The lowest BCUT2D eigenvalue weighted by atomic mass is 10.00. The molecule has 8 nitrogen and oxygen atoms in total. The molecule has 4 rings (SSSR count). The number of aromatic nitrogens is 4. The molecule has 1 fully saturated rings. The third-order valence-corrected chi connectivity index (χ3v) is 7.01. The summed E-state index contributed by atoms with van der Waals surface area (Å²) in [6.07, 6.45) is 3.59. The number of H-pyrrole nitrogens is 1. The van der Waals surface area contributed by atoms with E-state index in [0.717, 1.165) is 60.4 Å². The fourth-order valence-corrected chi connectivity index (χ4v) is 4.74. The maximum absolute atomic E-state index is 13.3. The van der Waals surface area contributed by atoms with Crippen molar-refractivity contribution in [3.63, 3.8) is 0 Å². The molecule has 0 radical (unpaired) electrons. The van der Waals surface area contributed by atoms with Gasteiger partial charge in [-0.05, 0) is 59.4 Å². The zero-order valence-corrected chi connectivity index (χ0v) is 19.4. The summed E-state index contributed by atoms with van der Waals surface area (Å²) in [7, 11) is 0. The molecule has 0 spiro atoms. The normalized spacial score (nSPS) is 19.7. The summed E-state index contributed by atoms with van der Waals surface area (Å²) in [4.78, 5) is 38.2. The van der Waals surface area contributed by atoms with Gasteiger partial charge in [-0.1, -0.05) is 0 Å². The molecule has 2 aromatic heterocycles. The van der Waals surface area contributed by atoms with Gasteiger partial charge in [0, 0.05) is 37.8 Å². The van der Waals surface area contributed by atoms with Crippen LogP contribution >= 0.6 is 0 Å². The number of amides is 1. The van der Waals surface area contributed by atoms with Gasteiger partial charge in [-0.2, -0.15) is 5.10 Å². The van der Waals surface area contributed by atoms with Crippen LogP contribution in [0.1, 0.15) is 73.2 Å². The summed E-state index contributed by atoms with van der Waals surface area (Å²) in [5.41, 5.74) is 4.71. The Bertz CT molecular complexity index is 1040. The van der Waals surface area contributed by atoms with Gasteiger partial charge in [0.1, 0.15) is 12.4 Å². The van der Waals surface area contributed by atoms with Crippen molar-refractivity contribution in [2.75, 3.05) is 13.1 Å². The molecule has 1 atom stereocenters. The minimum absolute atomic E-state index is 0.0293. The number of nitrogens with one attached hydrogen (secondary N) is 1. The molecule has 2 aliphatic heterocycles. The first-order valence-corrected chi connectivity index (χ1v) is 11.4. The Hall–Kier alpha value is -2.48. The third-order valence-electron chi connectivity index (χ3n) is 7.01. The van der Waals surface area contributed by atoms with Gasteiger partial charge < -0.3 is 9.88 Å². The summed E-state index contributed by atoms with van der Waals surface area (Å²) in [6, 6.07) is 0.220. The number of hydrogen-bond acceptors (Lipinski definition) is 5. The van der Waals surface area contributed by atoms with E-state index in [1.54, 1.807) is 4.68 Å². The number of aryl methyl sites for hydroxylation is 1. The Kier molecular flexibility index (Phi) is 6.01. The van der Waals surface area contributed by atoms with E-state index < -0.39 is 0 Å². The Labute approximate surface area is 183 Å². The minimum Gasteiger partial charge on any atom is -0.331 e. The summed E-state index contributed by atoms with van der Waals surface area (Å²) >= 11 is 0. The number of likely N-dealkylation sites (tertiary alicyclic amines) is 1. The van der Waals surface area contributed by atoms with Crippen molar-refractivity contribution >= 4 is 5.91 Å². The van der Waals surface area contributed by atoms with E-state index in [2.05, 4.69) is 28.8 Å². The lowest BCUT2D eigenvalue weighted by molar-refractivity contribution is -0.136. The minimum atomic E-state index is -0.180. The van der Waals surface area contributed by atoms with Crippen molar-refractivity contribution in [3.05, 3.63) is 44.4 Å². The molecule has 2 aliphatic rings. The van der Waals surface area contributed by atoms with Crippen LogP contribution in [0, 0.1) is 20.8 Å². The van der Waals surface area contributed by atoms with Crippen LogP contribution < -0.4 is 5.56 Å². The predicted molar refractivity (Wildman–Crippen MR) is 119 cm³/mol. The second-order valence-corrected chi connectivity index (χ2v) is 9.24. The van der Waals surface area contributed by atoms with Gasteiger partial charge in [-0.15, -0.1) is 0 Å². The van der Waals surface area contributed by atoms with E-state index in [9.17, 15) is 9.59 Å². The van der Waals surface area contributed by atoms with E-state index in [1.807, 2.05) is 25.7 Å². The number of carbonyl (C=O) groups is 1. The molecule has 1 saturated heterocycles. The van der Waals surface area contributed by atoms with E-state index >= 15 is 0 Å². The van der Waals surface area contributed by atoms with Gasteiger partial charge in [-0.3, -0.25) is 19.2 Å². The summed E-state index contributed by atoms with van der Waals surface area (Å²) in [5, 5.41) is 4.53. The van der Waals surface area contributed by atoms with E-state index in [-0.39, 0.29) is 24.1 Å². The highest BCUT2D eigenvalue weighted by Crippen LogP contribution is 2.30. The molecule has 2 aromatic rings. The Balaban J connectivity index is 1.59. The number of piperidine rings is 1. The van der Waals surface area contributed by atoms with Crippen LogP contribution in [-0.2, 0) is 24.3 Å². The average Bonchev–Trinajstić information content (AvgIpc) is 2.99. The van der Waals surface area contributed by atoms with Crippen LogP contribution in [-0.4, -0.2) is 54.6 Å². The highest BCUT2D eigenvalue weighted by Gasteiger charge is 2.32. The van der Waals surface area contributed by atoms with E-state index in [4.69, 9.17) is 4.98 Å². The third kappa shape index (κ3) is 4.18. The molecule has 1 amide bonds. The Morgan fingerprint density at radius 3 is 2.65 bits per heavy atom. The lowest BCUT2D eigenvalue weighted by Gasteiger charge is -2.36. The second kappa shape index (κ2) is 8.57. The maximum Gasteiger partial charge on any atom is 0.255 e. The average molecular weight is 427 g/mol. The first kappa shape index (κ1) is 21.7. The standard InChI is InChI=1S/C23H34N6O2/c1-14(2)27-11-9-19-18(12-27)23(31)25-22(24-19)20-8-6-7-10-28(20)21(30)13-29-17(5)15(3)16(4)26-29/h14,20H,6-13H2,1-5H3,(H,24,25,31)/t20-/m0/s1. The van der Waals surface area contributed by atoms with Crippen molar-refractivity contribution in [1.29, 1.82) is 0 Å². The summed E-state index contributed by atoms with van der Waals surface area (Å²) < 4.78 is 1.79. The van der Waals surface area contributed by atoms with Gasteiger partial charge in [-0.25, -0.2) is 4.98 Å². The molecule has 31 heavy (non-hydrogen) atoms. The molecule has 1 N–H and O–H groups in total. The molecule has 4 heterocycles. The Morgan fingerprint density at radius 1 is 1.19 bits per heavy atom. The molecule has 0 unspecified atom stereocenters. The highest BCUT2D eigenvalue weighted by molar-refractivity contribution is 5.76. The Morgan fingerprint density at radius 2 is 1.97 bits per heavy atom. The SMILES string of the molecule is Cc1nn(CC(=O)N2CCCC[C@H]2c2nc3c(c(=O)[nH]2)CN(C(C)C)CC3)c(C)c1C. The number of rotatable bonds is 4. The molecule has 0 aromatic carbocycles. The van der Waals surface area contributed by atoms with Gasteiger partial charge in [0.2, 0.25) is 5.91 Å². The van der Waals surface area contributed by atoms with E-state index in [0.29, 0.717) is 25.0 Å². The fourth-order valence-electron chi connectivity index (χ4n) is 4.74. The first-order valence-electron chi connectivity index (χ1n) is 11.4. The largest absolute Gasteiger partial charge is 0.331 e. The van der Waals surface area contributed by atoms with Crippen LogP contribution in [0.25, 0.3) is 0 Å². The first-order chi connectivity index (χ1) is 14.8. The quantitative estimate of drug-likeness (QED) is 0.811. The van der Waals surface area contributed by atoms with Crippen LogP contribution in [0.2, 0.25) is 0 Å². The van der Waals surface area contributed by atoms with Crippen molar-refractivity contribution in [2.24, 2.45) is 0 Å². The van der Waals surface area contributed by atoms with Crippen LogP contribution in [0.5, 0.6) is 0 Å². The molecule has 0 aliphatic carbocycles. The molecule has 0 saturated carbocycles. The second-order valence-electron chi connectivity index (χ2n) is 9.24. The zero-order chi connectivity index (χ0) is 22.3. The van der Waals surface area contributed by atoms with Crippen molar-refractivity contribution in [3.8, 4) is 0 Å². The monoisotopic (exact) mass is 426 g/mol. The number of fused-ring (bicyclic) bond motifs is 1. The molecule has 0 bridgehead atoms. The molecule has 8 heteroatoms. The van der Waals surface area contributed by atoms with Gasteiger partial charge >= 0.3 is 0 Å². The summed E-state index contributed by atoms with van der Waals surface area (Å²) in [6.45, 7) is 12.7. The number of aromatic amines is 1. The van der Waals surface area contributed by atoms with Crippen molar-refractivity contribution < 1.29 is 4.79 Å². The number of hydrogen-bond donors (Lipinski definition) is 1. The zero-order valence-electron chi connectivity index (χ0n) is 19.4. The van der Waals surface area contributed by atoms with Crippen molar-refractivity contribution in [1.82, 2.24) is 29.5 Å². The molecular weight excluding hydrogens is 392 g/mol. The molecular formula is C23H34N6O2. The topological polar surface area (TPSA) is 87.1 Å². The fraction of sp³-hybridized carbons (Fsp3) is 0.652. The highest BCUT2D eigenvalue weighted by atomic mass is 16.2. The van der Waals surface area contributed by atoms with Gasteiger partial charge in [0.05, 0.1) is 23.0 Å². The number of nitrogens with zero attached hydrogens (tertiary/aromatic N) is 5. The van der Waals surface area contributed by atoms with Gasteiger partial charge in [0.15, 0.2) is 0 Å². The van der Waals surface area contributed by atoms with Gasteiger partial charge in [0.25, 0.3) is 5.56 Å². The lowest BCUT2D eigenvalue weighted by Crippen LogP contribution is -2.43. The van der Waals surface area contributed by atoms with Crippen LogP contribution in [0.4, 0.5) is 0 Å². The van der Waals surface area contributed by atoms with E-state index in [1.165, 1.54) is 0 Å². The van der Waals surface area contributed by atoms with Crippen LogP contribution in [0.15, 0.2) is 4.79 Å². The van der Waals surface area contributed by atoms with Crippen molar-refractivity contribution in [2.45, 2.75) is 85.5 Å². The summed E-state index contributed by atoms with van der Waals surface area (Å²) in [5.74, 6) is 0.668. The smallest absolute Gasteiger partial charge is 0.255 e. The maximum atomic E-state index is 13.3. The number of carbonyl (C=O) groups excluding carboxylic acids is 1. The molecule has 168 valence electrons.